The summed E-state index contributed by atoms with van der Waals surface area (Å²) < 4.78 is 2.17. The van der Waals surface area contributed by atoms with Crippen molar-refractivity contribution in [3.05, 3.63) is 212 Å². The van der Waals surface area contributed by atoms with E-state index in [1.807, 2.05) is 18.2 Å². The largest absolute Gasteiger partial charge is 0.310 e. The lowest BCUT2D eigenvalue weighted by Gasteiger charge is -2.26. The van der Waals surface area contributed by atoms with Gasteiger partial charge in [-0.15, -0.1) is 0 Å². The minimum Gasteiger partial charge on any atom is -0.310 e. The first-order valence-corrected chi connectivity index (χ1v) is 18.8. The highest BCUT2D eigenvalue weighted by atomic mass is 15.2. The molecular weight excluding hydrogens is 683 g/mol. The van der Waals surface area contributed by atoms with Gasteiger partial charge in [-0.1, -0.05) is 158 Å². The summed E-state index contributed by atoms with van der Waals surface area (Å²) in [6, 6.07) is 73.9. The van der Waals surface area contributed by atoms with Crippen molar-refractivity contribution >= 4 is 38.9 Å². The maximum Gasteiger partial charge on any atom is 0.238 e. The molecule has 0 aliphatic heterocycles. The van der Waals surface area contributed by atoms with Gasteiger partial charge in [-0.3, -0.25) is 4.57 Å². The van der Waals surface area contributed by atoms with E-state index in [0.717, 1.165) is 72.2 Å². The standard InChI is InChI=1S/C51H35N5/c1-4-18-36(19-5-1)37-20-16-22-39(34-37)49-52-50(54-51(53-49)56-47-32-14-12-29-44(47)45-30-13-15-33-48(45)56)46-31-11-10-28-43(46)38-21-17-27-42(35-38)55(40-23-6-2-7-24-40)41-25-8-3-9-26-41/h1-35H. The minimum atomic E-state index is 0.565. The zero-order valence-corrected chi connectivity index (χ0v) is 30.4. The van der Waals surface area contributed by atoms with Crippen LogP contribution < -0.4 is 4.90 Å². The molecule has 8 aromatic carbocycles. The Bertz CT molecular complexity index is 2880. The third-order valence-electron chi connectivity index (χ3n) is 10.2. The molecule has 0 spiro atoms. The Kier molecular flexibility index (Phi) is 8.43. The van der Waals surface area contributed by atoms with Gasteiger partial charge in [0, 0.05) is 39.0 Å². The Morgan fingerprint density at radius 1 is 0.321 bits per heavy atom. The van der Waals surface area contributed by atoms with E-state index in [4.69, 9.17) is 15.0 Å². The maximum absolute atomic E-state index is 5.32. The fourth-order valence-corrected chi connectivity index (χ4v) is 7.66. The van der Waals surface area contributed by atoms with E-state index in [-0.39, 0.29) is 0 Å². The van der Waals surface area contributed by atoms with Crippen LogP contribution in [0.25, 0.3) is 72.8 Å². The first-order valence-electron chi connectivity index (χ1n) is 18.8. The molecule has 0 saturated heterocycles. The van der Waals surface area contributed by atoms with Gasteiger partial charge in [-0.25, -0.2) is 4.98 Å². The van der Waals surface area contributed by atoms with Crippen molar-refractivity contribution in [1.82, 2.24) is 19.5 Å². The number of anilines is 3. The van der Waals surface area contributed by atoms with Gasteiger partial charge in [0.2, 0.25) is 5.95 Å². The molecule has 5 heteroatoms. The molecule has 2 aromatic heterocycles. The van der Waals surface area contributed by atoms with Gasteiger partial charge in [-0.2, -0.15) is 9.97 Å². The minimum absolute atomic E-state index is 0.565. The second-order valence-electron chi connectivity index (χ2n) is 13.7. The van der Waals surface area contributed by atoms with E-state index in [0.29, 0.717) is 17.6 Å². The number of hydrogen-bond donors (Lipinski definition) is 0. The number of hydrogen-bond acceptors (Lipinski definition) is 4. The molecule has 264 valence electrons. The van der Waals surface area contributed by atoms with E-state index in [1.165, 1.54) is 0 Å². The lowest BCUT2D eigenvalue weighted by atomic mass is 9.98. The van der Waals surface area contributed by atoms with Crippen molar-refractivity contribution < 1.29 is 0 Å². The predicted octanol–water partition coefficient (Wildman–Crippen LogP) is 13.1. The lowest BCUT2D eigenvalue weighted by Crippen LogP contribution is -2.09. The number of aromatic nitrogens is 4. The van der Waals surface area contributed by atoms with Crippen LogP contribution in [0, 0.1) is 0 Å². The quantitative estimate of drug-likeness (QED) is 0.157. The van der Waals surface area contributed by atoms with Crippen LogP contribution >= 0.6 is 0 Å². The maximum atomic E-state index is 5.32. The van der Waals surface area contributed by atoms with E-state index in [9.17, 15) is 0 Å². The molecule has 0 amide bonds. The number of fused-ring (bicyclic) bond motifs is 3. The molecule has 0 aliphatic carbocycles. The average molecular weight is 718 g/mol. The Hall–Kier alpha value is -7.63. The summed E-state index contributed by atoms with van der Waals surface area (Å²) in [4.78, 5) is 18.1. The lowest BCUT2D eigenvalue weighted by molar-refractivity contribution is 0.953. The van der Waals surface area contributed by atoms with Crippen LogP contribution in [0.5, 0.6) is 0 Å². The van der Waals surface area contributed by atoms with Crippen molar-refractivity contribution in [3.8, 4) is 51.0 Å². The van der Waals surface area contributed by atoms with E-state index in [1.54, 1.807) is 0 Å². The summed E-state index contributed by atoms with van der Waals surface area (Å²) in [5.41, 5.74) is 11.4. The van der Waals surface area contributed by atoms with E-state index < -0.39 is 0 Å². The molecule has 5 nitrogen and oxygen atoms in total. The number of benzene rings is 8. The summed E-state index contributed by atoms with van der Waals surface area (Å²) in [7, 11) is 0. The molecule has 56 heavy (non-hydrogen) atoms. The molecule has 0 saturated carbocycles. The first kappa shape index (κ1) is 33.0. The normalized spacial score (nSPS) is 11.2. The first-order chi connectivity index (χ1) is 27.8. The van der Waals surface area contributed by atoms with Crippen molar-refractivity contribution in [2.75, 3.05) is 4.90 Å². The zero-order valence-electron chi connectivity index (χ0n) is 30.4. The molecule has 0 aliphatic rings. The monoisotopic (exact) mass is 717 g/mol. The Labute approximate surface area is 325 Å². The molecule has 0 unspecified atom stereocenters. The van der Waals surface area contributed by atoms with Crippen LogP contribution in [0.15, 0.2) is 212 Å². The van der Waals surface area contributed by atoms with Crippen LogP contribution in [0.2, 0.25) is 0 Å². The van der Waals surface area contributed by atoms with Crippen molar-refractivity contribution in [2.24, 2.45) is 0 Å². The van der Waals surface area contributed by atoms with Crippen molar-refractivity contribution in [2.45, 2.75) is 0 Å². The number of rotatable bonds is 8. The van der Waals surface area contributed by atoms with Crippen LogP contribution in [-0.2, 0) is 0 Å². The Morgan fingerprint density at radius 2 is 0.804 bits per heavy atom. The molecular formula is C51H35N5. The summed E-state index contributed by atoms with van der Waals surface area (Å²) in [6.07, 6.45) is 0. The highest BCUT2D eigenvalue weighted by molar-refractivity contribution is 6.09. The topological polar surface area (TPSA) is 46.8 Å². The van der Waals surface area contributed by atoms with Gasteiger partial charge in [0.15, 0.2) is 11.6 Å². The second kappa shape index (κ2) is 14.3. The highest BCUT2D eigenvalue weighted by Crippen LogP contribution is 2.39. The summed E-state index contributed by atoms with van der Waals surface area (Å²) in [5.74, 6) is 1.77. The van der Waals surface area contributed by atoms with Crippen LogP contribution in [0.4, 0.5) is 17.1 Å². The van der Waals surface area contributed by atoms with E-state index >= 15 is 0 Å². The van der Waals surface area contributed by atoms with Gasteiger partial charge in [0.05, 0.1) is 11.0 Å². The van der Waals surface area contributed by atoms with Gasteiger partial charge in [0.25, 0.3) is 0 Å². The summed E-state index contributed by atoms with van der Waals surface area (Å²) in [5, 5.41) is 2.30. The molecule has 2 heterocycles. The third-order valence-corrected chi connectivity index (χ3v) is 10.2. The van der Waals surface area contributed by atoms with Gasteiger partial charge < -0.3 is 4.90 Å². The van der Waals surface area contributed by atoms with Crippen LogP contribution in [-0.4, -0.2) is 19.5 Å². The van der Waals surface area contributed by atoms with Gasteiger partial charge in [-0.05, 0) is 76.9 Å². The predicted molar refractivity (Wildman–Crippen MR) is 231 cm³/mol. The molecule has 0 fully saturated rings. The molecule has 10 rings (SSSR count). The average Bonchev–Trinajstić information content (AvgIpc) is 3.62. The SMILES string of the molecule is c1ccc(-c2cccc(-c3nc(-c4ccccc4-c4cccc(N(c5ccccc5)c5ccccc5)c4)nc(-n4c5ccccc5c5ccccc54)n3)c2)cc1. The van der Waals surface area contributed by atoms with Gasteiger partial charge >= 0.3 is 0 Å². The van der Waals surface area contributed by atoms with Gasteiger partial charge in [0.1, 0.15) is 0 Å². The fourth-order valence-electron chi connectivity index (χ4n) is 7.66. The number of nitrogens with zero attached hydrogens (tertiary/aromatic N) is 5. The summed E-state index contributed by atoms with van der Waals surface area (Å²) in [6.45, 7) is 0. The molecule has 0 N–H and O–H groups in total. The van der Waals surface area contributed by atoms with Crippen LogP contribution in [0.1, 0.15) is 0 Å². The van der Waals surface area contributed by atoms with Crippen LogP contribution in [0.3, 0.4) is 0 Å². The Morgan fingerprint density at radius 3 is 1.48 bits per heavy atom. The fraction of sp³-hybridized carbons (Fsp3) is 0. The van der Waals surface area contributed by atoms with E-state index in [2.05, 4.69) is 204 Å². The molecule has 0 radical (unpaired) electrons. The van der Waals surface area contributed by atoms with Crippen molar-refractivity contribution in [3.63, 3.8) is 0 Å². The summed E-state index contributed by atoms with van der Waals surface area (Å²) >= 11 is 0. The second-order valence-corrected chi connectivity index (χ2v) is 13.7. The van der Waals surface area contributed by atoms with Crippen molar-refractivity contribution in [1.29, 1.82) is 0 Å². The third kappa shape index (κ3) is 6.07. The molecule has 0 bridgehead atoms. The molecule has 10 aromatic rings. The smallest absolute Gasteiger partial charge is 0.238 e. The highest BCUT2D eigenvalue weighted by Gasteiger charge is 2.20. The zero-order chi connectivity index (χ0) is 37.3. The Balaban J connectivity index is 1.18. The molecule has 0 atom stereocenters. The number of para-hydroxylation sites is 4.